The van der Waals surface area contributed by atoms with Crippen LogP contribution in [-0.4, -0.2) is 40.9 Å². The van der Waals surface area contributed by atoms with E-state index in [9.17, 15) is 5.11 Å². The number of fused-ring (bicyclic) bond motifs is 1. The van der Waals surface area contributed by atoms with Crippen LogP contribution in [0.1, 0.15) is 46.8 Å². The van der Waals surface area contributed by atoms with Gasteiger partial charge in [-0.15, -0.1) is 0 Å². The van der Waals surface area contributed by atoms with E-state index in [1.54, 1.807) is 0 Å². The molecule has 4 aromatic rings. The van der Waals surface area contributed by atoms with Gasteiger partial charge < -0.3 is 24.1 Å². The molecule has 6 rings (SSSR count). The van der Waals surface area contributed by atoms with Gasteiger partial charge >= 0.3 is 0 Å². The molecule has 0 aliphatic carbocycles. The smallest absolute Gasteiger partial charge is 0.185 e. The molecule has 2 saturated heterocycles. The Morgan fingerprint density at radius 1 is 0.833 bits per heavy atom. The minimum Gasteiger partial charge on any atom is -0.382 e. The maximum atomic E-state index is 11.1. The number of hydrogen-bond acceptors (Lipinski definition) is 6. The Kier molecular flexibility index (Phi) is 8.17. The average molecular weight is 618 g/mol. The van der Waals surface area contributed by atoms with E-state index in [4.69, 9.17) is 18.9 Å². The summed E-state index contributed by atoms with van der Waals surface area (Å²) in [6, 6.07) is 19.5. The van der Waals surface area contributed by atoms with Crippen LogP contribution in [0.25, 0.3) is 5.65 Å². The summed E-state index contributed by atoms with van der Waals surface area (Å²) >= 11 is 6.93. The van der Waals surface area contributed by atoms with Crippen LogP contribution in [-0.2, 0) is 18.9 Å². The fraction of sp³-hybridized carbons (Fsp3) is 0.296. The lowest BCUT2D eigenvalue weighted by molar-refractivity contribution is -0.0457. The summed E-state index contributed by atoms with van der Waals surface area (Å²) in [7, 11) is 0. The molecular weight excluding hydrogens is 592 g/mol. The van der Waals surface area contributed by atoms with Gasteiger partial charge in [-0.05, 0) is 46.6 Å². The minimum absolute atomic E-state index is 0.180. The number of aryl methyl sites for hydroxylation is 1. The molecule has 0 bridgehead atoms. The normalized spacial score (nSPS) is 17.3. The van der Waals surface area contributed by atoms with Crippen molar-refractivity contribution in [2.24, 2.45) is 0 Å². The highest BCUT2D eigenvalue weighted by molar-refractivity contribution is 9.10. The molecule has 188 valence electrons. The van der Waals surface area contributed by atoms with Crippen LogP contribution in [0.3, 0.4) is 0 Å². The summed E-state index contributed by atoms with van der Waals surface area (Å²) in [5, 5.41) is 11.1. The summed E-state index contributed by atoms with van der Waals surface area (Å²) in [6.45, 7) is 4.41. The first-order chi connectivity index (χ1) is 17.5. The molecule has 2 aliphatic heterocycles. The van der Waals surface area contributed by atoms with Crippen LogP contribution in [0, 0.1) is 6.92 Å². The predicted octanol–water partition coefficient (Wildman–Crippen LogP) is 6.03. The van der Waals surface area contributed by atoms with Gasteiger partial charge in [-0.25, -0.2) is 4.98 Å². The molecule has 2 fully saturated rings. The highest BCUT2D eigenvalue weighted by atomic mass is 79.9. The molecule has 9 heteroatoms. The van der Waals surface area contributed by atoms with Gasteiger partial charge in [-0.3, -0.25) is 4.40 Å². The Bertz CT molecular complexity index is 1330. The molecule has 1 atom stereocenters. The molecule has 2 aliphatic rings. The molecule has 1 unspecified atom stereocenters. The van der Waals surface area contributed by atoms with Gasteiger partial charge in [0.25, 0.3) is 0 Å². The molecule has 1 N–H and O–H groups in total. The molecule has 2 aromatic heterocycles. The van der Waals surface area contributed by atoms with Gasteiger partial charge in [0.1, 0.15) is 11.8 Å². The van der Waals surface area contributed by atoms with Crippen molar-refractivity contribution < 1.29 is 24.1 Å². The van der Waals surface area contributed by atoms with Crippen LogP contribution in [0.15, 0.2) is 75.8 Å². The molecule has 4 heterocycles. The standard InChI is InChI=1S/C18H17BrN2O3.C9H9BrO2/c1-11-16(21-10-12(19)6-7-15(21)20-11)17(22)13-4-2-3-5-14(13)18-23-8-9-24-18;10-8-4-2-1-3-7(8)9-11-5-6-12-9/h2-7,10,17-18,22H,8-9H2,1H3;1-4,9H,5-6H2. The van der Waals surface area contributed by atoms with Gasteiger partial charge in [-0.2, -0.15) is 0 Å². The van der Waals surface area contributed by atoms with E-state index in [-0.39, 0.29) is 6.29 Å². The number of aliphatic hydroxyl groups is 1. The van der Waals surface area contributed by atoms with Crippen molar-refractivity contribution >= 4 is 37.5 Å². The van der Waals surface area contributed by atoms with Crippen LogP contribution in [0.5, 0.6) is 0 Å². The van der Waals surface area contributed by atoms with Crippen molar-refractivity contribution in [3.63, 3.8) is 0 Å². The minimum atomic E-state index is -0.821. The summed E-state index contributed by atoms with van der Waals surface area (Å²) in [4.78, 5) is 4.55. The SMILES string of the molecule is Brc1ccccc1C1OCCO1.Cc1nc2ccc(Br)cn2c1C(O)c1ccccc1C1OCCO1. The van der Waals surface area contributed by atoms with Gasteiger partial charge in [0.05, 0.1) is 37.8 Å². The number of nitrogens with zero attached hydrogens (tertiary/aromatic N) is 2. The Morgan fingerprint density at radius 2 is 1.42 bits per heavy atom. The third-order valence-electron chi connectivity index (χ3n) is 6.01. The van der Waals surface area contributed by atoms with Crippen molar-refractivity contribution in [2.75, 3.05) is 26.4 Å². The first kappa shape index (κ1) is 25.5. The third-order valence-corrected chi connectivity index (χ3v) is 7.20. The summed E-state index contributed by atoms with van der Waals surface area (Å²) in [5.41, 5.74) is 5.03. The second kappa shape index (κ2) is 11.5. The number of imidazole rings is 1. The first-order valence-electron chi connectivity index (χ1n) is 11.6. The highest BCUT2D eigenvalue weighted by Gasteiger charge is 2.27. The second-order valence-electron chi connectivity index (χ2n) is 8.36. The second-order valence-corrected chi connectivity index (χ2v) is 10.1. The lowest BCUT2D eigenvalue weighted by Crippen LogP contribution is -2.11. The van der Waals surface area contributed by atoms with Crippen LogP contribution in [0.4, 0.5) is 0 Å². The van der Waals surface area contributed by atoms with Gasteiger partial charge in [-0.1, -0.05) is 58.4 Å². The number of rotatable bonds is 4. The van der Waals surface area contributed by atoms with E-state index in [0.29, 0.717) is 26.4 Å². The molecule has 0 spiro atoms. The quantitative estimate of drug-likeness (QED) is 0.302. The van der Waals surface area contributed by atoms with Crippen molar-refractivity contribution in [1.29, 1.82) is 0 Å². The third kappa shape index (κ3) is 5.43. The van der Waals surface area contributed by atoms with Gasteiger partial charge in [0, 0.05) is 26.3 Å². The number of benzene rings is 2. The fourth-order valence-corrected chi connectivity index (χ4v) is 5.16. The van der Waals surface area contributed by atoms with E-state index >= 15 is 0 Å². The maximum Gasteiger partial charge on any atom is 0.185 e. The van der Waals surface area contributed by atoms with Crippen molar-refractivity contribution in [3.05, 3.63) is 104 Å². The number of pyridine rings is 1. The Morgan fingerprint density at radius 3 is 2.08 bits per heavy atom. The molecule has 7 nitrogen and oxygen atoms in total. The average Bonchev–Trinajstić information content (AvgIpc) is 3.66. The number of hydrogen-bond donors (Lipinski definition) is 1. The maximum absolute atomic E-state index is 11.1. The topological polar surface area (TPSA) is 74.5 Å². The number of halogens is 2. The number of ether oxygens (including phenoxy) is 4. The molecule has 0 radical (unpaired) electrons. The fourth-order valence-electron chi connectivity index (χ4n) is 4.35. The zero-order valence-corrected chi connectivity index (χ0v) is 22.8. The van der Waals surface area contributed by atoms with E-state index < -0.39 is 12.4 Å². The van der Waals surface area contributed by atoms with Gasteiger partial charge in [0.15, 0.2) is 12.6 Å². The Balaban J connectivity index is 0.000000186. The zero-order valence-electron chi connectivity index (χ0n) is 19.6. The number of aliphatic hydroxyl groups excluding tert-OH is 1. The lowest BCUT2D eigenvalue weighted by Gasteiger charge is -2.19. The molecule has 0 saturated carbocycles. The molecular formula is C27H26Br2N2O5. The summed E-state index contributed by atoms with van der Waals surface area (Å²) < 4.78 is 25.9. The van der Waals surface area contributed by atoms with Crippen molar-refractivity contribution in [2.45, 2.75) is 25.6 Å². The molecule has 2 aromatic carbocycles. The van der Waals surface area contributed by atoms with Crippen LogP contribution in [0.2, 0.25) is 0 Å². The van der Waals surface area contributed by atoms with E-state index in [2.05, 4.69) is 36.8 Å². The van der Waals surface area contributed by atoms with E-state index in [0.717, 1.165) is 42.7 Å². The Labute approximate surface area is 226 Å². The largest absolute Gasteiger partial charge is 0.382 e. The highest BCUT2D eigenvalue weighted by Crippen LogP contribution is 2.34. The zero-order chi connectivity index (χ0) is 25.1. The van der Waals surface area contributed by atoms with Crippen LogP contribution < -0.4 is 0 Å². The number of aromatic nitrogens is 2. The molecule has 36 heavy (non-hydrogen) atoms. The van der Waals surface area contributed by atoms with Crippen molar-refractivity contribution in [3.8, 4) is 0 Å². The van der Waals surface area contributed by atoms with Crippen molar-refractivity contribution in [1.82, 2.24) is 9.38 Å². The van der Waals surface area contributed by atoms with E-state index in [1.165, 1.54) is 0 Å². The lowest BCUT2D eigenvalue weighted by atomic mass is 9.99. The predicted molar refractivity (Wildman–Crippen MR) is 142 cm³/mol. The Hall–Kier alpha value is -2.11. The van der Waals surface area contributed by atoms with Crippen LogP contribution >= 0.6 is 31.9 Å². The monoisotopic (exact) mass is 616 g/mol. The van der Waals surface area contributed by atoms with Gasteiger partial charge in [0.2, 0.25) is 0 Å². The molecule has 0 amide bonds. The summed E-state index contributed by atoms with van der Waals surface area (Å²) in [5.74, 6) is 0. The first-order valence-corrected chi connectivity index (χ1v) is 13.2. The van der Waals surface area contributed by atoms with E-state index in [1.807, 2.05) is 78.2 Å². The summed E-state index contributed by atoms with van der Waals surface area (Å²) in [6.07, 6.45) is 0.486.